The lowest BCUT2D eigenvalue weighted by atomic mass is 9.90. The van der Waals surface area contributed by atoms with Crippen molar-refractivity contribution in [2.45, 2.75) is 81.6 Å². The third-order valence-corrected chi connectivity index (χ3v) is 14.3. The third-order valence-electron chi connectivity index (χ3n) is 13.0. The Hall–Kier alpha value is -5.51. The van der Waals surface area contributed by atoms with Crippen LogP contribution in [0.25, 0.3) is 44.7 Å². The molecule has 11 rings (SSSR count). The molecule has 2 amide bonds. The number of rotatable bonds is 9. The number of amides is 2. The lowest BCUT2D eigenvalue weighted by molar-refractivity contribution is -0.136. The molecule has 1 aliphatic carbocycles. The number of nitrogens with zero attached hydrogens (tertiary/aromatic N) is 4. The average Bonchev–Trinajstić information content (AvgIpc) is 4.01. The van der Waals surface area contributed by atoms with Gasteiger partial charge >= 0.3 is 6.09 Å². The number of likely N-dealkylation sites (tertiary alicyclic amines) is 1. The van der Waals surface area contributed by atoms with Crippen molar-refractivity contribution in [3.8, 4) is 39.5 Å². The molecule has 6 aromatic rings. The second kappa shape index (κ2) is 15.2. The van der Waals surface area contributed by atoms with Crippen LogP contribution in [0.15, 0.2) is 60.9 Å². The minimum atomic E-state index is -0.707. The molecule has 5 aliphatic rings. The van der Waals surface area contributed by atoms with E-state index in [1.807, 2.05) is 17.2 Å². The van der Waals surface area contributed by atoms with Crippen LogP contribution in [0.3, 0.4) is 0 Å². The summed E-state index contributed by atoms with van der Waals surface area (Å²) in [5, 5.41) is 7.25. The molecule has 4 aromatic heterocycles. The zero-order valence-electron chi connectivity index (χ0n) is 33.3. The number of nitrogens with one attached hydrogen (secondary N) is 4. The molecule has 310 valence electrons. The highest BCUT2D eigenvalue weighted by Gasteiger charge is 2.40. The number of benzene rings is 2. The maximum atomic E-state index is 16.6. The highest BCUT2D eigenvalue weighted by molar-refractivity contribution is 7.12. The lowest BCUT2D eigenvalue weighted by Crippen LogP contribution is -2.53. The number of hydrogen-bond acceptors (Lipinski definition) is 9. The summed E-state index contributed by atoms with van der Waals surface area (Å²) < 4.78 is 36.0. The number of fused-ring (bicyclic) bond motifs is 5. The number of imidazole rings is 2. The van der Waals surface area contributed by atoms with Gasteiger partial charge in [-0.25, -0.2) is 19.2 Å². The topological polar surface area (TPSA) is 151 Å². The first-order valence-electron chi connectivity index (χ1n) is 21.2. The summed E-state index contributed by atoms with van der Waals surface area (Å²) in [4.78, 5) is 47.2. The van der Waals surface area contributed by atoms with Crippen LogP contribution in [-0.2, 0) is 14.3 Å². The fourth-order valence-electron chi connectivity index (χ4n) is 9.71. The minimum Gasteiger partial charge on any atom is -0.464 e. The summed E-state index contributed by atoms with van der Waals surface area (Å²) in [6.07, 6.45) is 9.97. The fourth-order valence-corrected chi connectivity index (χ4v) is 10.9. The van der Waals surface area contributed by atoms with E-state index in [1.54, 1.807) is 23.6 Å². The Balaban J connectivity index is 0.924. The molecule has 60 heavy (non-hydrogen) atoms. The molecular formula is C45H47FN8O5S. The van der Waals surface area contributed by atoms with Crippen LogP contribution in [0.4, 0.5) is 9.18 Å². The van der Waals surface area contributed by atoms with E-state index in [-0.39, 0.29) is 29.7 Å². The highest BCUT2D eigenvalue weighted by Crippen LogP contribution is 2.50. The predicted molar refractivity (Wildman–Crippen MR) is 224 cm³/mol. The molecule has 1 unspecified atom stereocenters. The van der Waals surface area contributed by atoms with Crippen molar-refractivity contribution in [2.75, 3.05) is 33.4 Å². The standard InChI is InChI=1S/C45H47FN8O5S/c1-57-45(56)52-40(25-12-16-58-17-13-25)43(55)53-15-3-5-34(53)42-49-22-31(51-42)26-8-9-33-28(18-26)20-35-39-29(46)19-27(32-23-48-41(50-32)30-4-2-14-47-30)21-36(39)59-44(54(33)35)38-11-10-37(60-38)24-6-7-24/h8-11,18-25,30,34,40,44,47H,2-7,12-17H2,1H3,(H,48,50)(H,49,51)(H,52,56)/t30-,34-,40-,44?/m0/s1. The van der Waals surface area contributed by atoms with Gasteiger partial charge < -0.3 is 39.7 Å². The Kier molecular flexibility index (Phi) is 9.49. The van der Waals surface area contributed by atoms with Gasteiger partial charge in [0.15, 0.2) is 0 Å². The van der Waals surface area contributed by atoms with Crippen molar-refractivity contribution >= 4 is 34.2 Å². The molecule has 0 spiro atoms. The smallest absolute Gasteiger partial charge is 0.407 e. The molecule has 4 N–H and O–H groups in total. The number of aromatic amines is 2. The van der Waals surface area contributed by atoms with Crippen LogP contribution in [0.5, 0.6) is 5.75 Å². The van der Waals surface area contributed by atoms with Gasteiger partial charge in [-0.3, -0.25) is 9.36 Å². The van der Waals surface area contributed by atoms with Gasteiger partial charge in [-0.1, -0.05) is 6.07 Å². The molecule has 0 bridgehead atoms. The van der Waals surface area contributed by atoms with Gasteiger partial charge in [0.1, 0.15) is 29.3 Å². The Labute approximate surface area is 350 Å². The van der Waals surface area contributed by atoms with Gasteiger partial charge in [-0.05, 0) is 112 Å². The maximum absolute atomic E-state index is 16.6. The van der Waals surface area contributed by atoms with Gasteiger partial charge in [0.2, 0.25) is 12.1 Å². The Morgan fingerprint density at radius 1 is 0.917 bits per heavy atom. The number of ether oxygens (including phenoxy) is 3. The molecule has 4 aliphatic heterocycles. The zero-order chi connectivity index (χ0) is 40.5. The van der Waals surface area contributed by atoms with E-state index >= 15 is 4.39 Å². The largest absolute Gasteiger partial charge is 0.464 e. The minimum absolute atomic E-state index is 0.0465. The number of thiophene rings is 1. The Bertz CT molecular complexity index is 2600. The predicted octanol–water partition coefficient (Wildman–Crippen LogP) is 8.35. The number of halogens is 1. The summed E-state index contributed by atoms with van der Waals surface area (Å²) in [7, 11) is 1.31. The molecule has 15 heteroatoms. The molecule has 2 aromatic carbocycles. The fraction of sp³-hybridized carbons (Fsp3) is 0.422. The molecule has 1 saturated carbocycles. The van der Waals surface area contributed by atoms with E-state index in [1.165, 1.54) is 24.8 Å². The van der Waals surface area contributed by atoms with Crippen molar-refractivity contribution in [3.05, 3.63) is 88.1 Å². The first-order valence-corrected chi connectivity index (χ1v) is 22.0. The summed E-state index contributed by atoms with van der Waals surface area (Å²) in [6.45, 7) is 2.63. The maximum Gasteiger partial charge on any atom is 0.407 e. The quantitative estimate of drug-likeness (QED) is 0.114. The van der Waals surface area contributed by atoms with E-state index in [0.29, 0.717) is 61.2 Å². The molecule has 13 nitrogen and oxygen atoms in total. The van der Waals surface area contributed by atoms with Gasteiger partial charge in [0.05, 0.1) is 64.6 Å². The Morgan fingerprint density at radius 2 is 1.72 bits per heavy atom. The van der Waals surface area contributed by atoms with E-state index in [2.05, 4.69) is 66.6 Å². The first kappa shape index (κ1) is 37.5. The second-order valence-electron chi connectivity index (χ2n) is 16.8. The average molecular weight is 831 g/mol. The van der Waals surface area contributed by atoms with Crippen molar-refractivity contribution < 1.29 is 28.2 Å². The molecule has 4 atom stereocenters. The number of hydrogen-bond donors (Lipinski definition) is 4. The van der Waals surface area contributed by atoms with Gasteiger partial charge in [0, 0.05) is 41.1 Å². The molecule has 0 radical (unpaired) electrons. The SMILES string of the molecule is COC(=O)N[C@H](C(=O)N1CCC[C@H]1c1ncc(-c2ccc3c(c2)cc2n3C(c3ccc(C4CC4)s3)Oc3cc(-c4cnc([C@@H]5CCCN5)[nH]4)cc(F)c3-2)[nH]1)C1CCOCC1. The van der Waals surface area contributed by atoms with Gasteiger partial charge in [0.25, 0.3) is 0 Å². The number of methoxy groups -OCH3 is 1. The molecular weight excluding hydrogens is 784 g/mol. The highest BCUT2D eigenvalue weighted by atomic mass is 32.1. The molecule has 3 saturated heterocycles. The van der Waals surface area contributed by atoms with E-state index in [4.69, 9.17) is 19.2 Å². The normalized spacial score (nSPS) is 22.1. The van der Waals surface area contributed by atoms with Crippen LogP contribution in [0.1, 0.15) is 97.0 Å². The second-order valence-corrected chi connectivity index (χ2v) is 17.9. The zero-order valence-corrected chi connectivity index (χ0v) is 34.2. The summed E-state index contributed by atoms with van der Waals surface area (Å²) in [5.74, 6) is 2.13. The monoisotopic (exact) mass is 830 g/mol. The van der Waals surface area contributed by atoms with Crippen LogP contribution in [0.2, 0.25) is 0 Å². The number of carbonyl (C=O) groups excluding carboxylic acids is 2. The Morgan fingerprint density at radius 3 is 2.52 bits per heavy atom. The first-order chi connectivity index (χ1) is 29.4. The van der Waals surface area contributed by atoms with E-state index < -0.39 is 18.4 Å². The summed E-state index contributed by atoms with van der Waals surface area (Å²) in [5.41, 5.74) is 5.29. The van der Waals surface area contributed by atoms with Crippen molar-refractivity contribution in [1.82, 2.24) is 40.0 Å². The lowest BCUT2D eigenvalue weighted by Gasteiger charge is -2.34. The molecule has 4 fully saturated rings. The van der Waals surface area contributed by atoms with Gasteiger partial charge in [-0.2, -0.15) is 0 Å². The van der Waals surface area contributed by atoms with Crippen LogP contribution in [0, 0.1) is 11.7 Å². The van der Waals surface area contributed by atoms with Gasteiger partial charge in [-0.15, -0.1) is 11.3 Å². The van der Waals surface area contributed by atoms with Crippen molar-refractivity contribution in [3.63, 3.8) is 0 Å². The van der Waals surface area contributed by atoms with Crippen LogP contribution < -0.4 is 15.4 Å². The number of aromatic nitrogens is 5. The number of alkyl carbamates (subject to hydrolysis) is 1. The van der Waals surface area contributed by atoms with Crippen molar-refractivity contribution in [2.24, 2.45) is 5.92 Å². The summed E-state index contributed by atoms with van der Waals surface area (Å²) in [6, 6.07) is 15.4. The van der Waals surface area contributed by atoms with Crippen LogP contribution >= 0.6 is 11.3 Å². The molecule has 8 heterocycles. The van der Waals surface area contributed by atoms with Crippen LogP contribution in [-0.4, -0.2) is 80.9 Å². The summed E-state index contributed by atoms with van der Waals surface area (Å²) >= 11 is 1.78. The van der Waals surface area contributed by atoms with E-state index in [9.17, 15) is 9.59 Å². The van der Waals surface area contributed by atoms with Crippen molar-refractivity contribution in [1.29, 1.82) is 0 Å². The van der Waals surface area contributed by atoms with E-state index in [0.717, 1.165) is 76.5 Å². The number of carbonyl (C=O) groups is 2. The number of H-pyrrole nitrogens is 2. The third kappa shape index (κ3) is 6.67.